The lowest BCUT2D eigenvalue weighted by Crippen LogP contribution is -2.43. The first-order chi connectivity index (χ1) is 12.6. The van der Waals surface area contributed by atoms with Crippen LogP contribution in [-0.2, 0) is 16.0 Å². The smallest absolute Gasteiger partial charge is 0.223 e. The van der Waals surface area contributed by atoms with E-state index in [9.17, 15) is 14.0 Å². The first-order valence-corrected chi connectivity index (χ1v) is 9.65. The molecule has 2 saturated heterocycles. The van der Waals surface area contributed by atoms with Crippen LogP contribution >= 0.6 is 0 Å². The summed E-state index contributed by atoms with van der Waals surface area (Å²) < 4.78 is 13.6. The molecule has 26 heavy (non-hydrogen) atoms. The van der Waals surface area contributed by atoms with Crippen molar-refractivity contribution in [1.29, 1.82) is 0 Å². The van der Waals surface area contributed by atoms with E-state index in [-0.39, 0.29) is 23.5 Å². The Morgan fingerprint density at radius 1 is 1.15 bits per heavy atom. The molecule has 1 aromatic carbocycles. The monoisotopic (exact) mass is 361 g/mol. The summed E-state index contributed by atoms with van der Waals surface area (Å²) in [7, 11) is 0. The third-order valence-corrected chi connectivity index (χ3v) is 5.47. The van der Waals surface area contributed by atoms with Crippen LogP contribution in [0.25, 0.3) is 0 Å². The van der Waals surface area contributed by atoms with Crippen LogP contribution in [0, 0.1) is 11.7 Å². The third kappa shape index (κ3) is 5.04. The largest absolute Gasteiger partial charge is 0.356 e. The standard InChI is InChI=1S/C20H28FN3O2/c21-18-5-2-1-4-16(18)7-10-22-20(26)17-8-12-23(13-9-17)14-15-24-11-3-6-19(24)25/h1-2,4-5,17H,3,6-15H2,(H,22,26). The molecule has 0 bridgehead atoms. The van der Waals surface area contributed by atoms with Crippen LogP contribution in [0.4, 0.5) is 4.39 Å². The topological polar surface area (TPSA) is 52.7 Å². The Hall–Kier alpha value is -1.95. The first-order valence-electron chi connectivity index (χ1n) is 9.65. The molecule has 3 rings (SSSR count). The number of nitrogens with one attached hydrogen (secondary N) is 1. The SMILES string of the molecule is O=C(NCCc1ccccc1F)C1CCN(CCN2CCCC2=O)CC1. The Morgan fingerprint density at radius 2 is 1.92 bits per heavy atom. The summed E-state index contributed by atoms with van der Waals surface area (Å²) in [6, 6.07) is 6.68. The number of amides is 2. The van der Waals surface area contributed by atoms with Gasteiger partial charge in [0.2, 0.25) is 11.8 Å². The first kappa shape index (κ1) is 18.8. The van der Waals surface area contributed by atoms with Crippen molar-refractivity contribution in [2.75, 3.05) is 39.3 Å². The summed E-state index contributed by atoms with van der Waals surface area (Å²) in [6.07, 6.45) is 3.88. The fourth-order valence-electron chi connectivity index (χ4n) is 3.79. The number of nitrogens with zero attached hydrogens (tertiary/aromatic N) is 2. The number of carbonyl (C=O) groups is 2. The summed E-state index contributed by atoms with van der Waals surface area (Å²) in [4.78, 5) is 28.2. The number of carbonyl (C=O) groups excluding carboxylic acids is 2. The molecule has 5 nitrogen and oxygen atoms in total. The Kier molecular flexibility index (Phi) is 6.61. The van der Waals surface area contributed by atoms with E-state index >= 15 is 0 Å². The van der Waals surface area contributed by atoms with Crippen molar-refractivity contribution in [3.63, 3.8) is 0 Å². The summed E-state index contributed by atoms with van der Waals surface area (Å²) in [5.41, 5.74) is 0.638. The van der Waals surface area contributed by atoms with Gasteiger partial charge in [0, 0.05) is 38.5 Å². The second kappa shape index (κ2) is 9.12. The molecule has 2 heterocycles. The van der Waals surface area contributed by atoms with Gasteiger partial charge in [-0.3, -0.25) is 9.59 Å². The molecule has 0 unspecified atom stereocenters. The highest BCUT2D eigenvalue weighted by molar-refractivity contribution is 5.79. The van der Waals surface area contributed by atoms with E-state index in [4.69, 9.17) is 0 Å². The van der Waals surface area contributed by atoms with Crippen LogP contribution in [-0.4, -0.2) is 60.9 Å². The van der Waals surface area contributed by atoms with Crippen LogP contribution in [0.15, 0.2) is 24.3 Å². The lowest BCUT2D eigenvalue weighted by atomic mass is 9.96. The van der Waals surface area contributed by atoms with Crippen LogP contribution in [0.2, 0.25) is 0 Å². The van der Waals surface area contributed by atoms with Crippen molar-refractivity contribution >= 4 is 11.8 Å². The molecule has 2 aliphatic rings. The Labute approximate surface area is 154 Å². The average Bonchev–Trinajstić information content (AvgIpc) is 3.07. The van der Waals surface area contributed by atoms with Crippen molar-refractivity contribution in [3.05, 3.63) is 35.6 Å². The second-order valence-electron chi connectivity index (χ2n) is 7.23. The lowest BCUT2D eigenvalue weighted by molar-refractivity contribution is -0.127. The molecule has 0 spiro atoms. The fourth-order valence-corrected chi connectivity index (χ4v) is 3.79. The minimum atomic E-state index is -0.216. The minimum absolute atomic E-state index is 0.0419. The molecule has 0 atom stereocenters. The molecular formula is C20H28FN3O2. The van der Waals surface area contributed by atoms with Crippen molar-refractivity contribution in [3.8, 4) is 0 Å². The predicted octanol–water partition coefficient (Wildman–Crippen LogP) is 1.82. The molecule has 2 aliphatic heterocycles. The molecule has 1 N–H and O–H groups in total. The van der Waals surface area contributed by atoms with Crippen LogP contribution in [0.3, 0.4) is 0 Å². The molecule has 1 aromatic rings. The quantitative estimate of drug-likeness (QED) is 0.806. The van der Waals surface area contributed by atoms with Gasteiger partial charge in [-0.25, -0.2) is 4.39 Å². The molecule has 0 saturated carbocycles. The van der Waals surface area contributed by atoms with Gasteiger partial charge in [0.15, 0.2) is 0 Å². The molecule has 0 radical (unpaired) electrons. The number of likely N-dealkylation sites (tertiary alicyclic amines) is 2. The highest BCUT2D eigenvalue weighted by atomic mass is 19.1. The van der Waals surface area contributed by atoms with Gasteiger partial charge in [-0.15, -0.1) is 0 Å². The van der Waals surface area contributed by atoms with Crippen LogP contribution in [0.5, 0.6) is 0 Å². The van der Waals surface area contributed by atoms with E-state index < -0.39 is 0 Å². The number of rotatable bonds is 7. The number of hydrogen-bond donors (Lipinski definition) is 1. The van der Waals surface area contributed by atoms with Gasteiger partial charge in [0.05, 0.1) is 0 Å². The number of halogens is 1. The lowest BCUT2D eigenvalue weighted by Gasteiger charge is -2.32. The van der Waals surface area contributed by atoms with Gasteiger partial charge in [-0.2, -0.15) is 0 Å². The third-order valence-electron chi connectivity index (χ3n) is 5.47. The zero-order chi connectivity index (χ0) is 18.4. The Bertz CT molecular complexity index is 629. The highest BCUT2D eigenvalue weighted by Gasteiger charge is 2.26. The molecule has 0 aromatic heterocycles. The van der Waals surface area contributed by atoms with Gasteiger partial charge in [-0.1, -0.05) is 18.2 Å². The van der Waals surface area contributed by atoms with Crippen molar-refractivity contribution in [2.45, 2.75) is 32.1 Å². The molecule has 0 aliphatic carbocycles. The average molecular weight is 361 g/mol. The molecule has 6 heteroatoms. The molecular weight excluding hydrogens is 333 g/mol. The van der Waals surface area contributed by atoms with E-state index in [1.807, 2.05) is 11.0 Å². The van der Waals surface area contributed by atoms with E-state index in [1.54, 1.807) is 12.1 Å². The van der Waals surface area contributed by atoms with E-state index in [1.165, 1.54) is 6.07 Å². The minimum Gasteiger partial charge on any atom is -0.356 e. The van der Waals surface area contributed by atoms with Crippen LogP contribution in [0.1, 0.15) is 31.2 Å². The fraction of sp³-hybridized carbons (Fsp3) is 0.600. The number of hydrogen-bond acceptors (Lipinski definition) is 3. The van der Waals surface area contributed by atoms with E-state index in [2.05, 4.69) is 10.2 Å². The Balaban J connectivity index is 1.33. The summed E-state index contributed by atoms with van der Waals surface area (Å²) in [5, 5.41) is 2.95. The maximum absolute atomic E-state index is 13.6. The molecule has 142 valence electrons. The van der Waals surface area contributed by atoms with Gasteiger partial charge in [0.25, 0.3) is 0 Å². The van der Waals surface area contributed by atoms with Crippen molar-refractivity contribution in [1.82, 2.24) is 15.1 Å². The van der Waals surface area contributed by atoms with Crippen molar-refractivity contribution in [2.24, 2.45) is 5.92 Å². The normalized spacial score (nSPS) is 19.1. The summed E-state index contributed by atoms with van der Waals surface area (Å²) >= 11 is 0. The van der Waals surface area contributed by atoms with E-state index in [0.29, 0.717) is 24.9 Å². The van der Waals surface area contributed by atoms with Gasteiger partial charge in [0.1, 0.15) is 5.82 Å². The second-order valence-corrected chi connectivity index (χ2v) is 7.23. The maximum atomic E-state index is 13.6. The number of piperidine rings is 1. The zero-order valence-electron chi connectivity index (χ0n) is 15.3. The van der Waals surface area contributed by atoms with Gasteiger partial charge >= 0.3 is 0 Å². The maximum Gasteiger partial charge on any atom is 0.223 e. The van der Waals surface area contributed by atoms with Crippen LogP contribution < -0.4 is 5.32 Å². The molecule has 2 fully saturated rings. The molecule has 2 amide bonds. The van der Waals surface area contributed by atoms with E-state index in [0.717, 1.165) is 52.0 Å². The van der Waals surface area contributed by atoms with Crippen molar-refractivity contribution < 1.29 is 14.0 Å². The summed E-state index contributed by atoms with van der Waals surface area (Å²) in [5.74, 6) is 0.177. The highest BCUT2D eigenvalue weighted by Crippen LogP contribution is 2.18. The number of benzene rings is 1. The van der Waals surface area contributed by atoms with Gasteiger partial charge in [-0.05, 0) is 50.4 Å². The summed E-state index contributed by atoms with van der Waals surface area (Å²) in [6.45, 7) is 4.85. The zero-order valence-corrected chi connectivity index (χ0v) is 15.3. The van der Waals surface area contributed by atoms with Gasteiger partial charge < -0.3 is 15.1 Å². The Morgan fingerprint density at radius 3 is 2.62 bits per heavy atom. The predicted molar refractivity (Wildman–Crippen MR) is 98.1 cm³/mol.